The van der Waals surface area contributed by atoms with Crippen LogP contribution >= 0.6 is 0 Å². The van der Waals surface area contributed by atoms with Crippen LogP contribution in [-0.2, 0) is 4.79 Å². The van der Waals surface area contributed by atoms with Crippen molar-refractivity contribution in [3.8, 4) is 0 Å². The van der Waals surface area contributed by atoms with E-state index in [9.17, 15) is 61.9 Å². The largest absolute Gasteiger partial charge is 0.477 e. The van der Waals surface area contributed by atoms with Crippen LogP contribution in [0.1, 0.15) is 25.7 Å². The quantitative estimate of drug-likeness (QED) is 0.510. The van der Waals surface area contributed by atoms with E-state index in [1.54, 1.807) is 0 Å². The summed E-state index contributed by atoms with van der Waals surface area (Å²) in [6, 6.07) is 0. The van der Waals surface area contributed by atoms with E-state index in [1.807, 2.05) is 0 Å². The van der Waals surface area contributed by atoms with Crippen LogP contribution in [0.15, 0.2) is 0 Å². The Morgan fingerprint density at radius 1 is 0.538 bits per heavy atom. The number of hydrogen-bond donors (Lipinski definition) is 1. The molecule has 0 aliphatic heterocycles. The van der Waals surface area contributed by atoms with E-state index in [2.05, 4.69) is 0 Å². The Kier molecular flexibility index (Phi) is 6.56. The van der Waals surface area contributed by atoms with Crippen LogP contribution in [0.2, 0.25) is 0 Å². The van der Waals surface area contributed by atoms with E-state index < -0.39 is 67.4 Å². The van der Waals surface area contributed by atoms with Gasteiger partial charge in [0.15, 0.2) is 0 Å². The molecule has 0 fully saturated rings. The fourth-order valence-electron chi connectivity index (χ4n) is 1.45. The summed E-state index contributed by atoms with van der Waals surface area (Å²) in [5.41, 5.74) is 0. The van der Waals surface area contributed by atoms with E-state index in [1.165, 1.54) is 0 Å². The predicted octanol–water partition coefficient (Wildman–Crippen LogP) is 5.37. The summed E-state index contributed by atoms with van der Waals surface area (Å²) in [5.74, 6) is -32.2. The molecule has 0 amide bonds. The summed E-state index contributed by atoms with van der Waals surface area (Å²) in [4.78, 5) is 9.94. The third kappa shape index (κ3) is 5.05. The van der Waals surface area contributed by atoms with E-state index in [-0.39, 0.29) is 0 Å². The summed E-state index contributed by atoms with van der Waals surface area (Å²) in [6.07, 6.45) is -17.6. The van der Waals surface area contributed by atoms with Crippen LogP contribution in [0.3, 0.4) is 0 Å². The van der Waals surface area contributed by atoms with Crippen molar-refractivity contribution in [3.05, 3.63) is 0 Å². The molecule has 0 bridgehead atoms. The van der Waals surface area contributed by atoms with Crippen molar-refractivity contribution in [1.29, 1.82) is 0 Å². The first kappa shape index (κ1) is 24.6. The standard InChI is InChI=1S/C11H9F13O2/c12-6(13,1-3-8(16,17)10(20,21)5(25)26)7(14,15)2-4-9(18,19)11(22,23)24/h1-4H2,(H,25,26). The van der Waals surface area contributed by atoms with Crippen molar-refractivity contribution in [1.82, 2.24) is 0 Å². The van der Waals surface area contributed by atoms with Gasteiger partial charge in [-0.1, -0.05) is 0 Å². The van der Waals surface area contributed by atoms with Crippen LogP contribution in [0.4, 0.5) is 57.1 Å². The molecule has 0 aliphatic rings. The summed E-state index contributed by atoms with van der Waals surface area (Å²) in [5, 5.41) is 7.86. The van der Waals surface area contributed by atoms with E-state index >= 15 is 0 Å². The van der Waals surface area contributed by atoms with Gasteiger partial charge in [0.25, 0.3) is 0 Å². The summed E-state index contributed by atoms with van der Waals surface area (Å²) in [7, 11) is 0. The number of alkyl halides is 13. The monoisotopic (exact) mass is 420 g/mol. The van der Waals surface area contributed by atoms with Crippen LogP contribution in [0.5, 0.6) is 0 Å². The molecule has 156 valence electrons. The van der Waals surface area contributed by atoms with Gasteiger partial charge in [0.05, 0.1) is 0 Å². The number of halogens is 13. The molecule has 0 atom stereocenters. The van der Waals surface area contributed by atoms with Gasteiger partial charge in [-0.3, -0.25) is 0 Å². The minimum atomic E-state index is -6.34. The summed E-state index contributed by atoms with van der Waals surface area (Å²) >= 11 is 0. The van der Waals surface area contributed by atoms with Crippen molar-refractivity contribution in [2.45, 2.75) is 61.5 Å². The normalized spacial score (nSPS) is 15.3. The maximum atomic E-state index is 13.2. The van der Waals surface area contributed by atoms with E-state index in [0.717, 1.165) is 0 Å². The third-order valence-corrected chi connectivity index (χ3v) is 3.18. The predicted molar refractivity (Wildman–Crippen MR) is 56.9 cm³/mol. The Morgan fingerprint density at radius 3 is 1.08 bits per heavy atom. The lowest BCUT2D eigenvalue weighted by Gasteiger charge is -2.30. The average Bonchev–Trinajstić information content (AvgIpc) is 2.41. The Bertz CT molecular complexity index is 509. The molecule has 0 spiro atoms. The van der Waals surface area contributed by atoms with Crippen LogP contribution in [0, 0.1) is 0 Å². The second-order valence-corrected chi connectivity index (χ2v) is 5.20. The van der Waals surface area contributed by atoms with Crippen molar-refractivity contribution in [2.24, 2.45) is 0 Å². The van der Waals surface area contributed by atoms with Gasteiger partial charge >= 0.3 is 41.8 Å². The van der Waals surface area contributed by atoms with Gasteiger partial charge in [-0.05, 0) is 0 Å². The molecular formula is C11H9F13O2. The Morgan fingerprint density at radius 2 is 0.808 bits per heavy atom. The lowest BCUT2D eigenvalue weighted by Crippen LogP contribution is -2.49. The molecule has 0 aromatic carbocycles. The first-order chi connectivity index (χ1) is 11.1. The highest BCUT2D eigenvalue weighted by Crippen LogP contribution is 2.48. The molecule has 0 heterocycles. The molecule has 0 rings (SSSR count). The van der Waals surface area contributed by atoms with Gasteiger partial charge in [0.1, 0.15) is 0 Å². The van der Waals surface area contributed by atoms with Crippen molar-refractivity contribution in [3.63, 3.8) is 0 Å². The van der Waals surface area contributed by atoms with Crippen molar-refractivity contribution in [2.75, 3.05) is 0 Å². The lowest BCUT2D eigenvalue weighted by molar-refractivity contribution is -0.295. The fraction of sp³-hybridized carbons (Fsp3) is 0.909. The average molecular weight is 420 g/mol. The second-order valence-electron chi connectivity index (χ2n) is 5.20. The van der Waals surface area contributed by atoms with Gasteiger partial charge in [-0.2, -0.15) is 57.1 Å². The van der Waals surface area contributed by atoms with Gasteiger partial charge in [0.2, 0.25) is 0 Å². The highest BCUT2D eigenvalue weighted by molar-refractivity contribution is 5.76. The SMILES string of the molecule is O=C(O)C(F)(F)C(F)(F)CCC(F)(F)C(F)(F)CCC(F)(F)C(F)(F)F. The zero-order chi connectivity index (χ0) is 21.4. The minimum absolute atomic E-state index is 2.80. The summed E-state index contributed by atoms with van der Waals surface area (Å²) in [6.45, 7) is 0. The number of carboxylic acids is 1. The molecule has 0 aliphatic carbocycles. The van der Waals surface area contributed by atoms with Crippen LogP contribution in [0.25, 0.3) is 0 Å². The first-order valence-corrected chi connectivity index (χ1v) is 6.30. The number of aliphatic carboxylic acids is 1. The molecular weight excluding hydrogens is 411 g/mol. The zero-order valence-electron chi connectivity index (χ0n) is 12.1. The molecule has 0 aromatic heterocycles. The molecule has 0 radical (unpaired) electrons. The maximum Gasteiger partial charge on any atom is 0.453 e. The molecule has 2 nitrogen and oxygen atoms in total. The van der Waals surface area contributed by atoms with E-state index in [0.29, 0.717) is 0 Å². The molecule has 26 heavy (non-hydrogen) atoms. The summed E-state index contributed by atoms with van der Waals surface area (Å²) < 4.78 is 164. The topological polar surface area (TPSA) is 37.3 Å². The third-order valence-electron chi connectivity index (χ3n) is 3.18. The number of carboxylic acid groups (broad SMARTS) is 1. The highest BCUT2D eigenvalue weighted by atomic mass is 19.4. The molecule has 1 N–H and O–H groups in total. The smallest absolute Gasteiger partial charge is 0.453 e. The van der Waals surface area contributed by atoms with Crippen molar-refractivity contribution >= 4 is 5.97 Å². The second kappa shape index (κ2) is 6.94. The van der Waals surface area contributed by atoms with Gasteiger partial charge in [0, 0.05) is 25.7 Å². The van der Waals surface area contributed by atoms with Crippen molar-refractivity contribution < 1.29 is 67.0 Å². The van der Waals surface area contributed by atoms with Gasteiger partial charge in [-0.15, -0.1) is 0 Å². The number of carbonyl (C=O) groups is 1. The minimum Gasteiger partial charge on any atom is -0.477 e. The van der Waals surface area contributed by atoms with Crippen LogP contribution < -0.4 is 0 Å². The molecule has 0 saturated carbocycles. The van der Waals surface area contributed by atoms with Gasteiger partial charge < -0.3 is 5.11 Å². The number of rotatable bonds is 9. The Balaban J connectivity index is 5.17. The molecule has 15 heteroatoms. The lowest BCUT2D eigenvalue weighted by atomic mass is 9.96. The highest BCUT2D eigenvalue weighted by Gasteiger charge is 2.66. The first-order valence-electron chi connectivity index (χ1n) is 6.30. The van der Waals surface area contributed by atoms with E-state index in [4.69, 9.17) is 5.11 Å². The molecule has 0 aromatic rings. The Hall–Kier alpha value is -1.44. The maximum absolute atomic E-state index is 13.2. The Labute approximate surface area is 135 Å². The van der Waals surface area contributed by atoms with Gasteiger partial charge in [-0.25, -0.2) is 4.79 Å². The molecule has 0 unspecified atom stereocenters. The van der Waals surface area contributed by atoms with Crippen LogP contribution in [-0.4, -0.2) is 46.9 Å². The molecule has 0 saturated heterocycles. The zero-order valence-corrected chi connectivity index (χ0v) is 12.1. The number of hydrogen-bond acceptors (Lipinski definition) is 1. The fourth-order valence-corrected chi connectivity index (χ4v) is 1.45.